The number of hydrogen-bond donors (Lipinski definition) is 1. The van der Waals surface area contributed by atoms with Crippen molar-refractivity contribution in [3.63, 3.8) is 0 Å². The monoisotopic (exact) mass is 370 g/mol. The minimum atomic E-state index is -2.92. The Kier molecular flexibility index (Phi) is 6.57. The van der Waals surface area contributed by atoms with E-state index in [1.807, 2.05) is 0 Å². The van der Waals surface area contributed by atoms with Crippen molar-refractivity contribution in [3.8, 4) is 5.75 Å². The molecule has 0 aliphatic heterocycles. The Hall–Kier alpha value is -2.61. The minimum Gasteiger partial charge on any atom is -0.435 e. The van der Waals surface area contributed by atoms with Gasteiger partial charge >= 0.3 is 6.61 Å². The van der Waals surface area contributed by atoms with Gasteiger partial charge in [0, 0.05) is 12.2 Å². The van der Waals surface area contributed by atoms with Gasteiger partial charge in [-0.3, -0.25) is 9.69 Å². The number of amides is 1. The zero-order chi connectivity index (χ0) is 19.3. The lowest BCUT2D eigenvalue weighted by Gasteiger charge is -2.24. The molecule has 26 heavy (non-hydrogen) atoms. The lowest BCUT2D eigenvalue weighted by atomic mass is 10.1. The molecular weight excluding hydrogens is 352 g/mol. The number of halogens is 4. The van der Waals surface area contributed by atoms with Crippen LogP contribution in [0.25, 0.3) is 0 Å². The summed E-state index contributed by atoms with van der Waals surface area (Å²) >= 11 is 0. The zero-order valence-corrected chi connectivity index (χ0v) is 14.2. The zero-order valence-electron chi connectivity index (χ0n) is 14.2. The van der Waals surface area contributed by atoms with E-state index >= 15 is 0 Å². The van der Waals surface area contributed by atoms with E-state index in [1.165, 1.54) is 30.3 Å². The molecule has 2 aromatic rings. The molecule has 8 heteroatoms. The van der Waals surface area contributed by atoms with E-state index in [2.05, 4.69) is 10.1 Å². The smallest absolute Gasteiger partial charge is 0.387 e. The van der Waals surface area contributed by atoms with Crippen molar-refractivity contribution in [3.05, 3.63) is 59.7 Å². The van der Waals surface area contributed by atoms with E-state index < -0.39 is 24.3 Å². The number of carbonyl (C=O) groups is 1. The van der Waals surface area contributed by atoms with Crippen LogP contribution in [0.2, 0.25) is 0 Å². The molecule has 140 valence electrons. The van der Waals surface area contributed by atoms with Gasteiger partial charge in [-0.15, -0.1) is 0 Å². The summed E-state index contributed by atoms with van der Waals surface area (Å²) < 4.78 is 54.7. The van der Waals surface area contributed by atoms with Crippen molar-refractivity contribution in [2.24, 2.45) is 0 Å². The molecule has 0 radical (unpaired) electrons. The molecule has 0 fully saturated rings. The lowest BCUT2D eigenvalue weighted by Crippen LogP contribution is -2.39. The van der Waals surface area contributed by atoms with Gasteiger partial charge in [0.15, 0.2) is 11.6 Å². The molecule has 0 aliphatic carbocycles. The number of carbonyl (C=O) groups excluding carboxylic acids is 1. The maximum absolute atomic E-state index is 13.3. The molecule has 1 amide bonds. The van der Waals surface area contributed by atoms with Crippen LogP contribution in [-0.2, 0) is 11.3 Å². The normalized spacial score (nSPS) is 12.3. The van der Waals surface area contributed by atoms with Crippen molar-refractivity contribution in [1.82, 2.24) is 4.90 Å². The number of nitrogens with one attached hydrogen (secondary N) is 1. The van der Waals surface area contributed by atoms with E-state index in [0.29, 0.717) is 11.3 Å². The number of hydrogen-bond acceptors (Lipinski definition) is 3. The van der Waals surface area contributed by atoms with Crippen LogP contribution in [0.3, 0.4) is 0 Å². The van der Waals surface area contributed by atoms with Gasteiger partial charge in [-0.05, 0) is 55.9 Å². The molecule has 2 aromatic carbocycles. The molecule has 1 unspecified atom stereocenters. The summed E-state index contributed by atoms with van der Waals surface area (Å²) in [5.41, 5.74) is 0.948. The van der Waals surface area contributed by atoms with Crippen LogP contribution in [0.15, 0.2) is 42.5 Å². The van der Waals surface area contributed by atoms with Gasteiger partial charge in [0.25, 0.3) is 0 Å². The third-order valence-electron chi connectivity index (χ3n) is 3.80. The highest BCUT2D eigenvalue weighted by molar-refractivity contribution is 5.94. The van der Waals surface area contributed by atoms with Gasteiger partial charge in [-0.2, -0.15) is 8.78 Å². The molecule has 0 aromatic heterocycles. The largest absolute Gasteiger partial charge is 0.435 e. The highest BCUT2D eigenvalue weighted by Crippen LogP contribution is 2.18. The van der Waals surface area contributed by atoms with Gasteiger partial charge in [0.05, 0.1) is 6.04 Å². The van der Waals surface area contributed by atoms with Crippen LogP contribution in [0.4, 0.5) is 23.2 Å². The van der Waals surface area contributed by atoms with Crippen LogP contribution < -0.4 is 10.1 Å². The number of ether oxygens (including phenoxy) is 1. The molecule has 2 rings (SSSR count). The minimum absolute atomic E-state index is 0.0125. The van der Waals surface area contributed by atoms with Crippen LogP contribution in [0.5, 0.6) is 5.75 Å². The average molecular weight is 370 g/mol. The standard InChI is InChI=1S/C18H18F4N2O2/c1-11(24(2)10-12-3-8-15(19)16(20)9-12)17(25)23-13-4-6-14(7-5-13)26-18(21)22/h3-9,11,18H,10H2,1-2H3,(H,23,25). The summed E-state index contributed by atoms with van der Waals surface area (Å²) in [6, 6.07) is 8.51. The Morgan fingerprint density at radius 2 is 1.77 bits per heavy atom. The molecule has 1 N–H and O–H groups in total. The summed E-state index contributed by atoms with van der Waals surface area (Å²) in [6.45, 7) is -1.02. The summed E-state index contributed by atoms with van der Waals surface area (Å²) in [5, 5.41) is 2.65. The number of nitrogens with zero attached hydrogens (tertiary/aromatic N) is 1. The van der Waals surface area contributed by atoms with E-state index in [0.717, 1.165) is 12.1 Å². The Balaban J connectivity index is 1.94. The fraction of sp³-hybridized carbons (Fsp3) is 0.278. The first-order valence-electron chi connectivity index (χ1n) is 7.76. The summed E-state index contributed by atoms with van der Waals surface area (Å²) in [5.74, 6) is -2.22. The van der Waals surface area contributed by atoms with E-state index in [1.54, 1.807) is 18.9 Å². The predicted octanol–water partition coefficient (Wildman–Crippen LogP) is 4.03. The Labute approximate surface area is 148 Å². The van der Waals surface area contributed by atoms with Crippen LogP contribution >= 0.6 is 0 Å². The van der Waals surface area contributed by atoms with Crippen molar-refractivity contribution >= 4 is 11.6 Å². The maximum Gasteiger partial charge on any atom is 0.387 e. The topological polar surface area (TPSA) is 41.6 Å². The van der Waals surface area contributed by atoms with Gasteiger partial charge in [-0.25, -0.2) is 8.78 Å². The number of rotatable bonds is 7. The van der Waals surface area contributed by atoms with Crippen LogP contribution in [0.1, 0.15) is 12.5 Å². The van der Waals surface area contributed by atoms with Crippen molar-refractivity contribution in [1.29, 1.82) is 0 Å². The Morgan fingerprint density at radius 3 is 2.35 bits per heavy atom. The summed E-state index contributed by atoms with van der Waals surface area (Å²) in [4.78, 5) is 14.0. The maximum atomic E-state index is 13.3. The van der Waals surface area contributed by atoms with Crippen molar-refractivity contribution < 1.29 is 27.1 Å². The van der Waals surface area contributed by atoms with Crippen molar-refractivity contribution in [2.75, 3.05) is 12.4 Å². The van der Waals surface area contributed by atoms with Gasteiger partial charge < -0.3 is 10.1 Å². The fourth-order valence-electron chi connectivity index (χ4n) is 2.23. The van der Waals surface area contributed by atoms with Crippen LogP contribution in [0, 0.1) is 11.6 Å². The second-order valence-corrected chi connectivity index (χ2v) is 5.73. The molecular formula is C18H18F4N2O2. The predicted molar refractivity (Wildman–Crippen MR) is 89.0 cm³/mol. The first-order valence-corrected chi connectivity index (χ1v) is 7.76. The Bertz CT molecular complexity index is 753. The number of anilines is 1. The van der Waals surface area contributed by atoms with E-state index in [-0.39, 0.29) is 18.2 Å². The fourth-order valence-corrected chi connectivity index (χ4v) is 2.23. The lowest BCUT2D eigenvalue weighted by molar-refractivity contribution is -0.120. The third kappa shape index (κ3) is 5.45. The summed E-state index contributed by atoms with van der Waals surface area (Å²) in [7, 11) is 1.67. The first kappa shape index (κ1) is 19.7. The second-order valence-electron chi connectivity index (χ2n) is 5.73. The summed E-state index contributed by atoms with van der Waals surface area (Å²) in [6.07, 6.45) is 0. The van der Waals surface area contributed by atoms with E-state index in [9.17, 15) is 22.4 Å². The molecule has 0 heterocycles. The first-order chi connectivity index (χ1) is 12.3. The van der Waals surface area contributed by atoms with Gasteiger partial charge in [0.2, 0.25) is 5.91 Å². The SMILES string of the molecule is CC(C(=O)Nc1ccc(OC(F)F)cc1)N(C)Cc1ccc(F)c(F)c1. The Morgan fingerprint density at radius 1 is 1.12 bits per heavy atom. The molecule has 4 nitrogen and oxygen atoms in total. The molecule has 0 aliphatic rings. The quantitative estimate of drug-likeness (QED) is 0.749. The average Bonchev–Trinajstić information content (AvgIpc) is 2.58. The number of alkyl halides is 2. The van der Waals surface area contributed by atoms with Gasteiger partial charge in [0.1, 0.15) is 5.75 Å². The third-order valence-corrected chi connectivity index (χ3v) is 3.80. The molecule has 0 bridgehead atoms. The molecule has 1 atom stereocenters. The molecule has 0 spiro atoms. The van der Waals surface area contributed by atoms with Crippen molar-refractivity contribution in [2.45, 2.75) is 26.1 Å². The van der Waals surface area contributed by atoms with Crippen LogP contribution in [-0.4, -0.2) is 30.5 Å². The second kappa shape index (κ2) is 8.66. The number of benzene rings is 2. The highest BCUT2D eigenvalue weighted by Gasteiger charge is 2.19. The van der Waals surface area contributed by atoms with Gasteiger partial charge in [-0.1, -0.05) is 6.07 Å². The highest BCUT2D eigenvalue weighted by atomic mass is 19.3. The number of likely N-dealkylation sites (N-methyl/N-ethyl adjacent to an activating group) is 1. The molecule has 0 saturated heterocycles. The molecule has 0 saturated carbocycles. The van der Waals surface area contributed by atoms with E-state index in [4.69, 9.17) is 0 Å².